The number of aliphatic hydroxyl groups excluding tert-OH is 1. The molecule has 1 aromatic heterocycles. The van der Waals surface area contributed by atoms with Crippen LogP contribution < -0.4 is 10.6 Å². The summed E-state index contributed by atoms with van der Waals surface area (Å²) in [5.41, 5.74) is 0.765. The SMILES string of the molecule is CCCNc1nc(C)cc(NC2(CO)CCC2)n1. The Labute approximate surface area is 108 Å². The standard InChI is InChI=1S/C13H22N4O/c1-3-7-14-12-15-10(2)8-11(16-12)17-13(9-18)5-4-6-13/h8,18H,3-7,9H2,1-2H3,(H2,14,15,16,17). The van der Waals surface area contributed by atoms with Crippen molar-refractivity contribution in [2.24, 2.45) is 0 Å². The van der Waals surface area contributed by atoms with Crippen molar-refractivity contribution in [2.45, 2.75) is 45.1 Å². The molecule has 0 bridgehead atoms. The lowest BCUT2D eigenvalue weighted by atomic mass is 9.77. The highest BCUT2D eigenvalue weighted by atomic mass is 16.3. The van der Waals surface area contributed by atoms with Crippen LogP contribution in [0.5, 0.6) is 0 Å². The average molecular weight is 250 g/mol. The number of aryl methyl sites for hydroxylation is 1. The van der Waals surface area contributed by atoms with Crippen LogP contribution in [-0.4, -0.2) is 33.8 Å². The van der Waals surface area contributed by atoms with Crippen LogP contribution >= 0.6 is 0 Å². The molecule has 0 amide bonds. The van der Waals surface area contributed by atoms with Crippen molar-refractivity contribution in [3.63, 3.8) is 0 Å². The zero-order chi connectivity index (χ0) is 13.0. The van der Waals surface area contributed by atoms with Gasteiger partial charge in [-0.2, -0.15) is 4.98 Å². The van der Waals surface area contributed by atoms with Gasteiger partial charge in [-0.25, -0.2) is 4.98 Å². The van der Waals surface area contributed by atoms with E-state index in [9.17, 15) is 5.11 Å². The highest BCUT2D eigenvalue weighted by Crippen LogP contribution is 2.34. The summed E-state index contributed by atoms with van der Waals surface area (Å²) in [6, 6.07) is 1.92. The maximum Gasteiger partial charge on any atom is 0.224 e. The average Bonchev–Trinajstić information content (AvgIpc) is 2.30. The molecule has 1 heterocycles. The predicted octanol–water partition coefficient (Wildman–Crippen LogP) is 1.93. The van der Waals surface area contributed by atoms with E-state index in [2.05, 4.69) is 27.5 Å². The third kappa shape index (κ3) is 2.90. The molecule has 0 aromatic carbocycles. The number of aromatic nitrogens is 2. The Bertz CT molecular complexity index is 398. The minimum atomic E-state index is -0.164. The maximum atomic E-state index is 9.46. The van der Waals surface area contributed by atoms with Crippen LogP contribution in [0.2, 0.25) is 0 Å². The summed E-state index contributed by atoms with van der Waals surface area (Å²) in [6.45, 7) is 5.09. The molecule has 1 aliphatic rings. The summed E-state index contributed by atoms with van der Waals surface area (Å²) >= 11 is 0. The molecule has 2 rings (SSSR count). The van der Waals surface area contributed by atoms with Gasteiger partial charge in [-0.05, 0) is 32.6 Å². The van der Waals surface area contributed by atoms with Gasteiger partial charge in [-0.1, -0.05) is 6.92 Å². The van der Waals surface area contributed by atoms with E-state index in [-0.39, 0.29) is 12.1 Å². The second-order valence-corrected chi connectivity index (χ2v) is 5.06. The van der Waals surface area contributed by atoms with Crippen LogP contribution in [0.3, 0.4) is 0 Å². The Morgan fingerprint density at radius 1 is 1.39 bits per heavy atom. The lowest BCUT2D eigenvalue weighted by Crippen LogP contribution is -2.48. The van der Waals surface area contributed by atoms with E-state index in [0.29, 0.717) is 5.95 Å². The summed E-state index contributed by atoms with van der Waals surface area (Å²) < 4.78 is 0. The topological polar surface area (TPSA) is 70.1 Å². The number of nitrogens with one attached hydrogen (secondary N) is 2. The molecule has 18 heavy (non-hydrogen) atoms. The molecule has 0 saturated heterocycles. The van der Waals surface area contributed by atoms with Crippen LogP contribution in [0.25, 0.3) is 0 Å². The molecule has 5 nitrogen and oxygen atoms in total. The van der Waals surface area contributed by atoms with Crippen LogP contribution in [-0.2, 0) is 0 Å². The van der Waals surface area contributed by atoms with Crippen molar-refractivity contribution in [3.05, 3.63) is 11.8 Å². The number of rotatable bonds is 6. The van der Waals surface area contributed by atoms with Gasteiger partial charge >= 0.3 is 0 Å². The fourth-order valence-electron chi connectivity index (χ4n) is 2.15. The number of nitrogens with zero attached hydrogens (tertiary/aromatic N) is 2. The van der Waals surface area contributed by atoms with Gasteiger partial charge in [0.05, 0.1) is 12.1 Å². The first kappa shape index (κ1) is 13.1. The Morgan fingerprint density at radius 3 is 2.72 bits per heavy atom. The molecule has 0 atom stereocenters. The zero-order valence-electron chi connectivity index (χ0n) is 11.2. The third-order valence-corrected chi connectivity index (χ3v) is 3.39. The molecule has 100 valence electrons. The van der Waals surface area contributed by atoms with E-state index < -0.39 is 0 Å². The van der Waals surface area contributed by atoms with Gasteiger partial charge < -0.3 is 15.7 Å². The fraction of sp³-hybridized carbons (Fsp3) is 0.692. The normalized spacial score (nSPS) is 17.1. The van der Waals surface area contributed by atoms with Crippen molar-refractivity contribution < 1.29 is 5.11 Å². The second kappa shape index (κ2) is 5.52. The first-order chi connectivity index (χ1) is 8.67. The first-order valence-corrected chi connectivity index (χ1v) is 6.66. The monoisotopic (exact) mass is 250 g/mol. The molecule has 1 aliphatic carbocycles. The molecule has 0 radical (unpaired) electrons. The molecule has 1 aromatic rings. The molecular weight excluding hydrogens is 228 g/mol. The number of hydrogen-bond donors (Lipinski definition) is 3. The van der Waals surface area contributed by atoms with Gasteiger partial charge in [-0.3, -0.25) is 0 Å². The highest BCUT2D eigenvalue weighted by molar-refractivity contribution is 5.45. The van der Waals surface area contributed by atoms with E-state index in [1.54, 1.807) is 0 Å². The maximum absolute atomic E-state index is 9.46. The van der Waals surface area contributed by atoms with Crippen molar-refractivity contribution in [1.82, 2.24) is 9.97 Å². The van der Waals surface area contributed by atoms with Gasteiger partial charge in [0.1, 0.15) is 5.82 Å². The Balaban J connectivity index is 2.09. The van der Waals surface area contributed by atoms with Crippen molar-refractivity contribution >= 4 is 11.8 Å². The second-order valence-electron chi connectivity index (χ2n) is 5.06. The van der Waals surface area contributed by atoms with Gasteiger partial charge in [0.2, 0.25) is 5.95 Å². The summed E-state index contributed by atoms with van der Waals surface area (Å²) in [7, 11) is 0. The quantitative estimate of drug-likeness (QED) is 0.719. The largest absolute Gasteiger partial charge is 0.394 e. The van der Waals surface area contributed by atoms with Gasteiger partial charge in [0.15, 0.2) is 0 Å². The molecule has 5 heteroatoms. The van der Waals surface area contributed by atoms with Crippen molar-refractivity contribution in [1.29, 1.82) is 0 Å². The van der Waals surface area contributed by atoms with Crippen molar-refractivity contribution in [3.8, 4) is 0 Å². The summed E-state index contributed by atoms with van der Waals surface area (Å²) in [6.07, 6.45) is 4.22. The van der Waals surface area contributed by atoms with Crippen LogP contribution in [0.4, 0.5) is 11.8 Å². The van der Waals surface area contributed by atoms with Crippen LogP contribution in [0.15, 0.2) is 6.07 Å². The number of hydrogen-bond acceptors (Lipinski definition) is 5. The zero-order valence-corrected chi connectivity index (χ0v) is 11.2. The van der Waals surface area contributed by atoms with E-state index in [4.69, 9.17) is 0 Å². The first-order valence-electron chi connectivity index (χ1n) is 6.66. The van der Waals surface area contributed by atoms with Crippen molar-refractivity contribution in [2.75, 3.05) is 23.8 Å². The van der Waals surface area contributed by atoms with E-state index >= 15 is 0 Å². The predicted molar refractivity (Wildman–Crippen MR) is 72.8 cm³/mol. The minimum absolute atomic E-state index is 0.160. The Kier molecular flexibility index (Phi) is 4.01. The summed E-state index contributed by atoms with van der Waals surface area (Å²) in [5.74, 6) is 1.46. The molecule has 3 N–H and O–H groups in total. The Hall–Kier alpha value is -1.36. The van der Waals surface area contributed by atoms with E-state index in [1.807, 2.05) is 13.0 Å². The highest BCUT2D eigenvalue weighted by Gasteiger charge is 2.36. The smallest absolute Gasteiger partial charge is 0.224 e. The number of anilines is 2. The molecule has 0 aliphatic heterocycles. The lowest BCUT2D eigenvalue weighted by Gasteiger charge is -2.41. The van der Waals surface area contributed by atoms with Crippen LogP contribution in [0.1, 0.15) is 38.3 Å². The molecular formula is C13H22N4O. The lowest BCUT2D eigenvalue weighted by molar-refractivity contribution is 0.144. The van der Waals surface area contributed by atoms with Gasteiger partial charge in [0.25, 0.3) is 0 Å². The molecule has 1 fully saturated rings. The minimum Gasteiger partial charge on any atom is -0.394 e. The molecule has 0 unspecified atom stereocenters. The van der Waals surface area contributed by atoms with E-state index in [0.717, 1.165) is 37.3 Å². The summed E-state index contributed by atoms with van der Waals surface area (Å²) in [5, 5.41) is 16.0. The molecule has 1 saturated carbocycles. The molecule has 0 spiro atoms. The third-order valence-electron chi connectivity index (χ3n) is 3.39. The number of aliphatic hydroxyl groups is 1. The van der Waals surface area contributed by atoms with E-state index in [1.165, 1.54) is 6.42 Å². The van der Waals surface area contributed by atoms with Gasteiger partial charge in [0, 0.05) is 18.3 Å². The van der Waals surface area contributed by atoms with Gasteiger partial charge in [-0.15, -0.1) is 0 Å². The van der Waals surface area contributed by atoms with Crippen LogP contribution in [0, 0.1) is 6.92 Å². The Morgan fingerprint density at radius 2 is 2.17 bits per heavy atom. The fourth-order valence-corrected chi connectivity index (χ4v) is 2.15. The summed E-state index contributed by atoms with van der Waals surface area (Å²) in [4.78, 5) is 8.79.